The van der Waals surface area contributed by atoms with Gasteiger partial charge in [-0.05, 0) is 54.1 Å². The third-order valence-corrected chi connectivity index (χ3v) is 6.00. The molecule has 3 aromatic rings. The zero-order chi connectivity index (χ0) is 22.6. The molecule has 1 aliphatic rings. The molecular formula is C23H18N2O6S. The number of benzene rings is 3. The summed E-state index contributed by atoms with van der Waals surface area (Å²) < 4.78 is 44.0. The summed E-state index contributed by atoms with van der Waals surface area (Å²) in [7, 11) is -3.86. The van der Waals surface area contributed by atoms with Crippen molar-refractivity contribution in [3.63, 3.8) is 0 Å². The van der Waals surface area contributed by atoms with Crippen molar-refractivity contribution in [1.82, 2.24) is 0 Å². The first-order valence-electron chi connectivity index (χ1n) is 9.63. The van der Waals surface area contributed by atoms with Crippen LogP contribution in [0.3, 0.4) is 0 Å². The van der Waals surface area contributed by atoms with Crippen LogP contribution in [0.4, 0.5) is 5.69 Å². The lowest BCUT2D eigenvalue weighted by molar-refractivity contribution is 0.0472. The molecule has 0 aliphatic carbocycles. The van der Waals surface area contributed by atoms with Crippen LogP contribution >= 0.6 is 0 Å². The average molecular weight is 450 g/mol. The van der Waals surface area contributed by atoms with Crippen LogP contribution in [0.5, 0.6) is 11.5 Å². The molecule has 32 heavy (non-hydrogen) atoms. The second-order valence-corrected chi connectivity index (χ2v) is 8.56. The molecule has 1 aliphatic heterocycles. The second kappa shape index (κ2) is 8.99. The van der Waals surface area contributed by atoms with Gasteiger partial charge in [-0.15, -0.1) is 0 Å². The minimum atomic E-state index is -3.86. The van der Waals surface area contributed by atoms with E-state index in [4.69, 9.17) is 19.5 Å². The molecule has 8 nitrogen and oxygen atoms in total. The van der Waals surface area contributed by atoms with E-state index in [0.717, 1.165) is 0 Å². The predicted molar refractivity (Wildman–Crippen MR) is 115 cm³/mol. The maximum atomic E-state index is 12.7. The van der Waals surface area contributed by atoms with E-state index in [-0.39, 0.29) is 22.8 Å². The molecule has 0 fully saturated rings. The quantitative estimate of drug-likeness (QED) is 0.572. The number of sulfonamides is 1. The highest BCUT2D eigenvalue weighted by Crippen LogP contribution is 2.32. The lowest BCUT2D eigenvalue weighted by Crippen LogP contribution is -2.17. The van der Waals surface area contributed by atoms with Gasteiger partial charge in [0.1, 0.15) is 19.8 Å². The third-order valence-electron chi connectivity index (χ3n) is 4.62. The number of esters is 1. The van der Waals surface area contributed by atoms with E-state index >= 15 is 0 Å². The van der Waals surface area contributed by atoms with Gasteiger partial charge in [-0.2, -0.15) is 5.26 Å². The molecule has 162 valence electrons. The fourth-order valence-corrected chi connectivity index (χ4v) is 4.12. The van der Waals surface area contributed by atoms with E-state index in [1.54, 1.807) is 30.3 Å². The van der Waals surface area contributed by atoms with Gasteiger partial charge in [-0.1, -0.05) is 12.1 Å². The standard InChI is InChI=1S/C23H18N2O6S/c24-14-16-2-1-3-17(12-16)15-31-23(26)18-4-6-19(7-5-18)25-32(27,28)20-8-9-21-22(13-20)30-11-10-29-21/h1-9,12-13,25H,10-11,15H2. The van der Waals surface area contributed by atoms with Crippen LogP contribution in [0, 0.1) is 11.3 Å². The lowest BCUT2D eigenvalue weighted by atomic mass is 10.1. The monoisotopic (exact) mass is 450 g/mol. The topological polar surface area (TPSA) is 115 Å². The van der Waals surface area contributed by atoms with Crippen molar-refractivity contribution in [2.24, 2.45) is 0 Å². The fourth-order valence-electron chi connectivity index (χ4n) is 3.04. The molecule has 3 aromatic carbocycles. The molecule has 0 saturated heterocycles. The summed E-state index contributed by atoms with van der Waals surface area (Å²) in [6.07, 6.45) is 0. The normalized spacial score (nSPS) is 12.5. The number of ether oxygens (including phenoxy) is 3. The Morgan fingerprint density at radius 1 is 1.00 bits per heavy atom. The lowest BCUT2D eigenvalue weighted by Gasteiger charge is -2.19. The van der Waals surface area contributed by atoms with E-state index in [1.165, 1.54) is 36.4 Å². The van der Waals surface area contributed by atoms with Gasteiger partial charge in [0, 0.05) is 11.8 Å². The van der Waals surface area contributed by atoms with Crippen molar-refractivity contribution in [2.45, 2.75) is 11.5 Å². The molecule has 9 heteroatoms. The Hall–Kier alpha value is -4.03. The summed E-state index contributed by atoms with van der Waals surface area (Å²) in [5.74, 6) is 0.309. The van der Waals surface area contributed by atoms with Crippen LogP contribution < -0.4 is 14.2 Å². The summed E-state index contributed by atoms with van der Waals surface area (Å²) in [6, 6.07) is 19.1. The Bertz CT molecular complexity index is 1300. The number of carbonyl (C=O) groups is 1. The molecule has 0 amide bonds. The predicted octanol–water partition coefficient (Wildman–Crippen LogP) is 3.49. The highest BCUT2D eigenvalue weighted by molar-refractivity contribution is 7.92. The van der Waals surface area contributed by atoms with E-state index in [2.05, 4.69) is 4.72 Å². The molecule has 0 unspecified atom stereocenters. The van der Waals surface area contributed by atoms with Crippen LogP contribution in [0.1, 0.15) is 21.5 Å². The summed E-state index contributed by atoms with van der Waals surface area (Å²) in [5.41, 5.74) is 1.73. The first kappa shape index (κ1) is 21.2. The number of fused-ring (bicyclic) bond motifs is 1. The van der Waals surface area contributed by atoms with Crippen LogP contribution in [0.2, 0.25) is 0 Å². The number of hydrogen-bond acceptors (Lipinski definition) is 7. The van der Waals surface area contributed by atoms with E-state index in [1.807, 2.05) is 6.07 Å². The smallest absolute Gasteiger partial charge is 0.338 e. The van der Waals surface area contributed by atoms with Crippen LogP contribution in [-0.4, -0.2) is 27.6 Å². The van der Waals surface area contributed by atoms with Gasteiger partial charge < -0.3 is 14.2 Å². The molecule has 0 aromatic heterocycles. The molecule has 0 radical (unpaired) electrons. The Morgan fingerprint density at radius 2 is 1.75 bits per heavy atom. The number of nitriles is 1. The maximum absolute atomic E-state index is 12.7. The van der Waals surface area contributed by atoms with E-state index in [0.29, 0.717) is 35.8 Å². The zero-order valence-corrected chi connectivity index (χ0v) is 17.6. The molecule has 1 N–H and O–H groups in total. The van der Waals surface area contributed by atoms with Crippen molar-refractivity contribution in [3.05, 3.63) is 83.4 Å². The Labute approximate surface area is 185 Å². The third kappa shape index (κ3) is 4.82. The van der Waals surface area contributed by atoms with Crippen molar-refractivity contribution in [2.75, 3.05) is 17.9 Å². The van der Waals surface area contributed by atoms with Crippen LogP contribution in [0.15, 0.2) is 71.6 Å². The first-order valence-corrected chi connectivity index (χ1v) is 11.1. The van der Waals surface area contributed by atoms with Gasteiger partial charge in [0.25, 0.3) is 10.0 Å². The van der Waals surface area contributed by atoms with E-state index in [9.17, 15) is 13.2 Å². The van der Waals surface area contributed by atoms with Crippen LogP contribution in [-0.2, 0) is 21.4 Å². The van der Waals surface area contributed by atoms with Gasteiger partial charge >= 0.3 is 5.97 Å². The molecule has 0 bridgehead atoms. The first-order chi connectivity index (χ1) is 15.4. The summed E-state index contributed by atoms with van der Waals surface area (Å²) in [6.45, 7) is 0.788. The summed E-state index contributed by atoms with van der Waals surface area (Å²) >= 11 is 0. The molecular weight excluding hydrogens is 432 g/mol. The Balaban J connectivity index is 1.40. The fraction of sp³-hybridized carbons (Fsp3) is 0.130. The minimum absolute atomic E-state index is 0.0207. The minimum Gasteiger partial charge on any atom is -0.486 e. The van der Waals surface area contributed by atoms with Gasteiger partial charge in [-0.25, -0.2) is 13.2 Å². The van der Waals surface area contributed by atoms with Gasteiger partial charge in [0.15, 0.2) is 11.5 Å². The van der Waals surface area contributed by atoms with Crippen molar-refractivity contribution in [3.8, 4) is 17.6 Å². The molecule has 0 atom stereocenters. The largest absolute Gasteiger partial charge is 0.486 e. The SMILES string of the molecule is N#Cc1cccc(COC(=O)c2ccc(NS(=O)(=O)c3ccc4c(c3)OCCO4)cc2)c1. The number of anilines is 1. The number of nitrogens with zero attached hydrogens (tertiary/aromatic N) is 1. The zero-order valence-electron chi connectivity index (χ0n) is 16.8. The van der Waals surface area contributed by atoms with Gasteiger partial charge in [0.05, 0.1) is 22.1 Å². The Kier molecular flexibility index (Phi) is 5.96. The summed E-state index contributed by atoms with van der Waals surface area (Å²) in [5, 5.41) is 8.93. The van der Waals surface area contributed by atoms with Crippen molar-refractivity contribution >= 4 is 21.7 Å². The van der Waals surface area contributed by atoms with Crippen LogP contribution in [0.25, 0.3) is 0 Å². The number of nitrogens with one attached hydrogen (secondary N) is 1. The number of carbonyl (C=O) groups excluding carboxylic acids is 1. The van der Waals surface area contributed by atoms with Crippen molar-refractivity contribution in [1.29, 1.82) is 5.26 Å². The second-order valence-electron chi connectivity index (χ2n) is 6.88. The van der Waals surface area contributed by atoms with Gasteiger partial charge in [0.2, 0.25) is 0 Å². The highest BCUT2D eigenvalue weighted by atomic mass is 32.2. The number of rotatable bonds is 6. The highest BCUT2D eigenvalue weighted by Gasteiger charge is 2.20. The Morgan fingerprint density at radius 3 is 2.50 bits per heavy atom. The maximum Gasteiger partial charge on any atom is 0.338 e. The molecule has 0 spiro atoms. The van der Waals surface area contributed by atoms with Crippen molar-refractivity contribution < 1.29 is 27.4 Å². The average Bonchev–Trinajstić information content (AvgIpc) is 2.82. The molecule has 0 saturated carbocycles. The van der Waals surface area contributed by atoms with Gasteiger partial charge in [-0.3, -0.25) is 4.72 Å². The summed E-state index contributed by atoms with van der Waals surface area (Å²) in [4.78, 5) is 12.3. The molecule has 4 rings (SSSR count). The number of hydrogen-bond donors (Lipinski definition) is 1. The molecule has 1 heterocycles. The van der Waals surface area contributed by atoms with E-state index < -0.39 is 16.0 Å².